The molecule has 2 nitrogen and oxygen atoms in total. The van der Waals surface area contributed by atoms with Gasteiger partial charge in [-0.05, 0) is 62.9 Å². The van der Waals surface area contributed by atoms with Crippen LogP contribution in [-0.2, 0) is 23.6 Å². The van der Waals surface area contributed by atoms with Gasteiger partial charge in [0, 0.05) is 10.9 Å². The molecule has 0 saturated heterocycles. The summed E-state index contributed by atoms with van der Waals surface area (Å²) in [6.45, 7) is 4.21. The van der Waals surface area contributed by atoms with Crippen molar-refractivity contribution in [2.24, 2.45) is 0 Å². The van der Waals surface area contributed by atoms with Crippen molar-refractivity contribution in [3.05, 3.63) is 29.3 Å². The molecule has 0 radical (unpaired) electrons. The fourth-order valence-electron chi connectivity index (χ4n) is 2.81. The average Bonchev–Trinajstić information content (AvgIpc) is 2.86. The standard InChI is InChI=1S/C15H23NOS/c1-4-15(16-3)11(2)18(17)14-9-8-12-6-5-7-13(12)10-14/h8-11,15-16H,4-7H2,1-3H3. The van der Waals surface area contributed by atoms with Crippen LogP contribution < -0.4 is 5.32 Å². The van der Waals surface area contributed by atoms with E-state index >= 15 is 0 Å². The minimum absolute atomic E-state index is 0.152. The number of fused-ring (bicyclic) bond motifs is 1. The summed E-state index contributed by atoms with van der Waals surface area (Å²) in [5.74, 6) is 0. The maximum Gasteiger partial charge on any atom is 0.0573 e. The van der Waals surface area contributed by atoms with Crippen molar-refractivity contribution in [3.8, 4) is 0 Å². The molecule has 0 amide bonds. The summed E-state index contributed by atoms with van der Waals surface area (Å²) in [7, 11) is 1.04. The molecule has 1 aromatic rings. The van der Waals surface area contributed by atoms with Crippen molar-refractivity contribution in [1.29, 1.82) is 0 Å². The number of benzene rings is 1. The van der Waals surface area contributed by atoms with Crippen LogP contribution in [0.4, 0.5) is 0 Å². The summed E-state index contributed by atoms with van der Waals surface area (Å²) in [5, 5.41) is 3.41. The van der Waals surface area contributed by atoms with Crippen LogP contribution in [0.3, 0.4) is 0 Å². The molecule has 0 aliphatic heterocycles. The summed E-state index contributed by atoms with van der Waals surface area (Å²) in [5.41, 5.74) is 2.86. The van der Waals surface area contributed by atoms with Crippen LogP contribution in [0.1, 0.15) is 37.8 Å². The highest BCUT2D eigenvalue weighted by Gasteiger charge is 2.22. The zero-order valence-electron chi connectivity index (χ0n) is 11.5. The molecule has 1 aliphatic carbocycles. The molecule has 0 fully saturated rings. The van der Waals surface area contributed by atoms with Gasteiger partial charge in [-0.1, -0.05) is 13.0 Å². The monoisotopic (exact) mass is 265 g/mol. The third kappa shape index (κ3) is 2.67. The predicted octanol–water partition coefficient (Wildman–Crippen LogP) is 2.67. The smallest absolute Gasteiger partial charge is 0.0573 e. The molecule has 0 bridgehead atoms. The van der Waals surface area contributed by atoms with Gasteiger partial charge in [-0.15, -0.1) is 0 Å². The highest BCUT2D eigenvalue weighted by Crippen LogP contribution is 2.25. The molecule has 100 valence electrons. The van der Waals surface area contributed by atoms with Crippen molar-refractivity contribution in [2.75, 3.05) is 7.05 Å². The van der Waals surface area contributed by atoms with Crippen LogP contribution in [-0.4, -0.2) is 22.5 Å². The van der Waals surface area contributed by atoms with E-state index in [2.05, 4.69) is 37.4 Å². The first-order valence-corrected chi connectivity index (χ1v) is 8.08. The molecule has 1 aliphatic rings. The van der Waals surface area contributed by atoms with Crippen LogP contribution in [0.5, 0.6) is 0 Å². The Bertz CT molecular complexity index is 440. The second kappa shape index (κ2) is 5.98. The molecule has 3 atom stereocenters. The SMILES string of the molecule is CCC(NC)C(C)S(=O)c1ccc2c(c1)CCC2. The molecule has 18 heavy (non-hydrogen) atoms. The predicted molar refractivity (Wildman–Crippen MR) is 77.5 cm³/mol. The zero-order valence-corrected chi connectivity index (χ0v) is 12.3. The fourth-order valence-corrected chi connectivity index (χ4v) is 4.32. The molecule has 0 aromatic heterocycles. The van der Waals surface area contributed by atoms with Gasteiger partial charge in [0.1, 0.15) is 0 Å². The van der Waals surface area contributed by atoms with Gasteiger partial charge in [-0.3, -0.25) is 4.21 Å². The minimum Gasteiger partial charge on any atom is -0.316 e. The van der Waals surface area contributed by atoms with Gasteiger partial charge in [-0.25, -0.2) is 0 Å². The van der Waals surface area contributed by atoms with Gasteiger partial charge in [0.15, 0.2) is 0 Å². The Balaban J connectivity index is 2.18. The Labute approximate surface area is 113 Å². The summed E-state index contributed by atoms with van der Waals surface area (Å²) in [6, 6.07) is 6.71. The van der Waals surface area contributed by atoms with E-state index in [1.165, 1.54) is 24.0 Å². The van der Waals surface area contributed by atoms with Gasteiger partial charge in [0.25, 0.3) is 0 Å². The third-order valence-corrected chi connectivity index (χ3v) is 5.74. The number of hydrogen-bond acceptors (Lipinski definition) is 2. The molecule has 2 rings (SSSR count). The Kier molecular flexibility index (Phi) is 4.57. The second-order valence-corrected chi connectivity index (χ2v) is 6.90. The topological polar surface area (TPSA) is 29.1 Å². The number of hydrogen-bond donors (Lipinski definition) is 1. The van der Waals surface area contributed by atoms with E-state index in [9.17, 15) is 4.21 Å². The van der Waals surface area contributed by atoms with E-state index in [1.807, 2.05) is 7.05 Å². The second-order valence-electron chi connectivity index (χ2n) is 5.09. The van der Waals surface area contributed by atoms with E-state index in [1.54, 1.807) is 0 Å². The molecule has 0 heterocycles. The zero-order chi connectivity index (χ0) is 13.1. The molecular formula is C15H23NOS. The van der Waals surface area contributed by atoms with Gasteiger partial charge in [0.2, 0.25) is 0 Å². The van der Waals surface area contributed by atoms with E-state index in [0.29, 0.717) is 6.04 Å². The van der Waals surface area contributed by atoms with Gasteiger partial charge >= 0.3 is 0 Å². The van der Waals surface area contributed by atoms with Crippen molar-refractivity contribution < 1.29 is 4.21 Å². The maximum atomic E-state index is 12.6. The lowest BCUT2D eigenvalue weighted by molar-refractivity contribution is 0.529. The number of rotatable bonds is 5. The highest BCUT2D eigenvalue weighted by atomic mass is 32.2. The first-order chi connectivity index (χ1) is 8.67. The van der Waals surface area contributed by atoms with E-state index < -0.39 is 10.8 Å². The molecule has 0 saturated carbocycles. The summed E-state index contributed by atoms with van der Waals surface area (Å²) in [6.07, 6.45) is 4.59. The van der Waals surface area contributed by atoms with E-state index in [0.717, 1.165) is 17.7 Å². The molecule has 1 N–H and O–H groups in total. The van der Waals surface area contributed by atoms with Crippen LogP contribution >= 0.6 is 0 Å². The van der Waals surface area contributed by atoms with Crippen molar-refractivity contribution in [2.45, 2.75) is 55.7 Å². The van der Waals surface area contributed by atoms with Crippen molar-refractivity contribution in [3.63, 3.8) is 0 Å². The number of aryl methyl sites for hydroxylation is 2. The largest absolute Gasteiger partial charge is 0.316 e. The number of nitrogens with one attached hydrogen (secondary N) is 1. The molecule has 3 unspecified atom stereocenters. The van der Waals surface area contributed by atoms with E-state index in [-0.39, 0.29) is 5.25 Å². The molecular weight excluding hydrogens is 242 g/mol. The average molecular weight is 265 g/mol. The van der Waals surface area contributed by atoms with Crippen LogP contribution in [0.25, 0.3) is 0 Å². The lowest BCUT2D eigenvalue weighted by Gasteiger charge is -2.21. The molecule has 1 aromatic carbocycles. The lowest BCUT2D eigenvalue weighted by Crippen LogP contribution is -2.37. The Hall–Kier alpha value is -0.670. The first-order valence-electron chi connectivity index (χ1n) is 6.87. The summed E-state index contributed by atoms with van der Waals surface area (Å²) < 4.78 is 12.6. The van der Waals surface area contributed by atoms with Gasteiger partial charge < -0.3 is 5.32 Å². The van der Waals surface area contributed by atoms with Gasteiger partial charge in [0.05, 0.1) is 16.0 Å². The normalized spacial score (nSPS) is 19.3. The summed E-state index contributed by atoms with van der Waals surface area (Å²) in [4.78, 5) is 0.997. The Morgan fingerprint density at radius 2 is 2.06 bits per heavy atom. The third-order valence-electron chi connectivity index (χ3n) is 4.02. The molecule has 0 spiro atoms. The Morgan fingerprint density at radius 1 is 1.33 bits per heavy atom. The molecule has 3 heteroatoms. The van der Waals surface area contributed by atoms with Crippen LogP contribution in [0.15, 0.2) is 23.1 Å². The van der Waals surface area contributed by atoms with Crippen LogP contribution in [0.2, 0.25) is 0 Å². The van der Waals surface area contributed by atoms with Crippen molar-refractivity contribution in [1.82, 2.24) is 5.32 Å². The minimum atomic E-state index is -0.913. The quantitative estimate of drug-likeness (QED) is 0.887. The lowest BCUT2D eigenvalue weighted by atomic mass is 10.1. The van der Waals surface area contributed by atoms with Gasteiger partial charge in [-0.2, -0.15) is 0 Å². The maximum absolute atomic E-state index is 12.6. The first kappa shape index (κ1) is 13.8. The summed E-state index contributed by atoms with van der Waals surface area (Å²) >= 11 is 0. The Morgan fingerprint density at radius 3 is 2.72 bits per heavy atom. The highest BCUT2D eigenvalue weighted by molar-refractivity contribution is 7.85. The van der Waals surface area contributed by atoms with Crippen molar-refractivity contribution >= 4 is 10.8 Å². The van der Waals surface area contributed by atoms with E-state index in [4.69, 9.17) is 0 Å². The fraction of sp³-hybridized carbons (Fsp3) is 0.600. The van der Waals surface area contributed by atoms with Crippen LogP contribution in [0, 0.1) is 0 Å².